The van der Waals surface area contributed by atoms with Gasteiger partial charge in [0.2, 0.25) is 5.91 Å². The zero-order chi connectivity index (χ0) is 14.0. The van der Waals surface area contributed by atoms with Crippen LogP contribution in [-0.2, 0) is 10.2 Å². The topological polar surface area (TPSA) is 41.1 Å². The summed E-state index contributed by atoms with van der Waals surface area (Å²) in [7, 11) is 0. The SMILES string of the molecule is Cc1ccccc1NNC(=O)C1(c2ccccc2)CC1. The van der Waals surface area contributed by atoms with E-state index in [0.29, 0.717) is 0 Å². The smallest absolute Gasteiger partial charge is 0.248 e. The lowest BCUT2D eigenvalue weighted by molar-refractivity contribution is -0.123. The van der Waals surface area contributed by atoms with Gasteiger partial charge >= 0.3 is 0 Å². The number of carbonyl (C=O) groups is 1. The highest BCUT2D eigenvalue weighted by molar-refractivity contribution is 5.92. The predicted molar refractivity (Wildman–Crippen MR) is 80.3 cm³/mol. The lowest BCUT2D eigenvalue weighted by Crippen LogP contribution is -2.38. The van der Waals surface area contributed by atoms with Crippen LogP contribution < -0.4 is 10.9 Å². The normalized spacial score (nSPS) is 15.4. The van der Waals surface area contributed by atoms with Crippen LogP contribution in [0.25, 0.3) is 0 Å². The molecule has 1 amide bonds. The van der Waals surface area contributed by atoms with E-state index < -0.39 is 0 Å². The second-order valence-corrected chi connectivity index (χ2v) is 5.34. The lowest BCUT2D eigenvalue weighted by Gasteiger charge is -2.17. The van der Waals surface area contributed by atoms with Crippen LogP contribution in [-0.4, -0.2) is 5.91 Å². The minimum atomic E-state index is -0.336. The average molecular weight is 266 g/mol. The summed E-state index contributed by atoms with van der Waals surface area (Å²) in [5.74, 6) is 0.0481. The molecule has 2 aromatic rings. The van der Waals surface area contributed by atoms with E-state index in [2.05, 4.69) is 10.9 Å². The summed E-state index contributed by atoms with van der Waals surface area (Å²) in [5.41, 5.74) is 8.69. The van der Waals surface area contributed by atoms with Crippen molar-refractivity contribution in [2.75, 3.05) is 5.43 Å². The molecule has 0 aromatic heterocycles. The van der Waals surface area contributed by atoms with E-state index >= 15 is 0 Å². The van der Waals surface area contributed by atoms with Crippen LogP contribution in [0.15, 0.2) is 54.6 Å². The highest BCUT2D eigenvalue weighted by atomic mass is 16.2. The van der Waals surface area contributed by atoms with Gasteiger partial charge < -0.3 is 0 Å². The van der Waals surface area contributed by atoms with Gasteiger partial charge in [0.1, 0.15) is 0 Å². The molecule has 1 aliphatic carbocycles. The highest BCUT2D eigenvalue weighted by Crippen LogP contribution is 2.48. The van der Waals surface area contributed by atoms with Crippen molar-refractivity contribution in [3.8, 4) is 0 Å². The zero-order valence-electron chi connectivity index (χ0n) is 11.5. The molecule has 0 bridgehead atoms. The van der Waals surface area contributed by atoms with Crippen molar-refractivity contribution in [1.82, 2.24) is 5.43 Å². The summed E-state index contributed by atoms with van der Waals surface area (Å²) in [6, 6.07) is 17.9. The van der Waals surface area contributed by atoms with Crippen molar-refractivity contribution in [2.24, 2.45) is 0 Å². The van der Waals surface area contributed by atoms with Crippen LogP contribution in [0.5, 0.6) is 0 Å². The van der Waals surface area contributed by atoms with Crippen molar-refractivity contribution in [1.29, 1.82) is 0 Å². The number of anilines is 1. The van der Waals surface area contributed by atoms with E-state index in [1.807, 2.05) is 61.5 Å². The van der Waals surface area contributed by atoms with Crippen molar-refractivity contribution < 1.29 is 4.79 Å². The van der Waals surface area contributed by atoms with Gasteiger partial charge in [-0.2, -0.15) is 0 Å². The maximum atomic E-state index is 12.4. The highest BCUT2D eigenvalue weighted by Gasteiger charge is 2.51. The van der Waals surface area contributed by atoms with Crippen LogP contribution in [0.1, 0.15) is 24.0 Å². The first-order chi connectivity index (χ1) is 9.72. The molecule has 0 saturated heterocycles. The Kier molecular flexibility index (Phi) is 3.18. The van der Waals surface area contributed by atoms with E-state index in [4.69, 9.17) is 0 Å². The van der Waals surface area contributed by atoms with Gasteiger partial charge in [-0.25, -0.2) is 0 Å². The minimum Gasteiger partial charge on any atom is -0.298 e. The maximum Gasteiger partial charge on any atom is 0.248 e. The molecule has 0 spiro atoms. The molecule has 1 saturated carbocycles. The van der Waals surface area contributed by atoms with Crippen LogP contribution >= 0.6 is 0 Å². The first-order valence-corrected chi connectivity index (χ1v) is 6.90. The van der Waals surface area contributed by atoms with Crippen molar-refractivity contribution in [3.63, 3.8) is 0 Å². The first kappa shape index (κ1) is 12.7. The molecule has 0 heterocycles. The molecular weight excluding hydrogens is 248 g/mol. The molecular formula is C17H18N2O. The Morgan fingerprint density at radius 1 is 1.00 bits per heavy atom. The molecule has 2 N–H and O–H groups in total. The second-order valence-electron chi connectivity index (χ2n) is 5.34. The molecule has 1 fully saturated rings. The third-order valence-electron chi connectivity index (χ3n) is 3.97. The number of para-hydroxylation sites is 1. The van der Waals surface area contributed by atoms with E-state index in [-0.39, 0.29) is 11.3 Å². The number of benzene rings is 2. The molecule has 0 radical (unpaired) electrons. The number of hydrogen-bond donors (Lipinski definition) is 2. The van der Waals surface area contributed by atoms with Crippen LogP contribution in [0.2, 0.25) is 0 Å². The molecule has 20 heavy (non-hydrogen) atoms. The fraction of sp³-hybridized carbons (Fsp3) is 0.235. The number of hydrogen-bond acceptors (Lipinski definition) is 2. The quantitative estimate of drug-likeness (QED) is 0.835. The van der Waals surface area contributed by atoms with E-state index in [9.17, 15) is 4.79 Å². The third kappa shape index (κ3) is 2.27. The van der Waals surface area contributed by atoms with Gasteiger partial charge in [0, 0.05) is 0 Å². The molecule has 102 valence electrons. The van der Waals surface area contributed by atoms with Gasteiger partial charge in [0.25, 0.3) is 0 Å². The predicted octanol–water partition coefficient (Wildman–Crippen LogP) is 3.17. The minimum absolute atomic E-state index is 0.0481. The zero-order valence-corrected chi connectivity index (χ0v) is 11.5. The Morgan fingerprint density at radius 2 is 1.65 bits per heavy atom. The summed E-state index contributed by atoms with van der Waals surface area (Å²) in [6.45, 7) is 2.01. The average Bonchev–Trinajstić information content (AvgIpc) is 3.29. The molecule has 0 unspecified atom stereocenters. The Labute approximate surface area is 119 Å². The summed E-state index contributed by atoms with van der Waals surface area (Å²) >= 11 is 0. The Bertz CT molecular complexity index is 618. The Balaban J connectivity index is 1.70. The van der Waals surface area contributed by atoms with Crippen LogP contribution in [0.4, 0.5) is 5.69 Å². The van der Waals surface area contributed by atoms with Crippen LogP contribution in [0.3, 0.4) is 0 Å². The first-order valence-electron chi connectivity index (χ1n) is 6.90. The van der Waals surface area contributed by atoms with E-state index in [1.165, 1.54) is 0 Å². The van der Waals surface area contributed by atoms with Crippen molar-refractivity contribution >= 4 is 11.6 Å². The largest absolute Gasteiger partial charge is 0.298 e. The molecule has 3 heteroatoms. The number of amides is 1. The summed E-state index contributed by atoms with van der Waals surface area (Å²) < 4.78 is 0. The van der Waals surface area contributed by atoms with Gasteiger partial charge in [-0.05, 0) is 37.0 Å². The molecule has 0 aliphatic heterocycles. The maximum absolute atomic E-state index is 12.4. The third-order valence-corrected chi connectivity index (χ3v) is 3.97. The number of carbonyl (C=O) groups excluding carboxylic acids is 1. The number of aryl methyl sites for hydroxylation is 1. The van der Waals surface area contributed by atoms with Crippen LogP contribution in [0, 0.1) is 6.92 Å². The van der Waals surface area contributed by atoms with Gasteiger partial charge in [-0.1, -0.05) is 48.5 Å². The van der Waals surface area contributed by atoms with Crippen molar-refractivity contribution in [3.05, 3.63) is 65.7 Å². The number of rotatable bonds is 4. The van der Waals surface area contributed by atoms with Crippen molar-refractivity contribution in [2.45, 2.75) is 25.2 Å². The summed E-state index contributed by atoms with van der Waals surface area (Å²) in [5, 5.41) is 0. The Hall–Kier alpha value is -2.29. The monoisotopic (exact) mass is 266 g/mol. The fourth-order valence-corrected chi connectivity index (χ4v) is 2.49. The summed E-state index contributed by atoms with van der Waals surface area (Å²) in [4.78, 5) is 12.4. The number of hydrazine groups is 1. The molecule has 3 rings (SSSR count). The molecule has 2 aromatic carbocycles. The van der Waals surface area contributed by atoms with E-state index in [1.54, 1.807) is 0 Å². The fourth-order valence-electron chi connectivity index (χ4n) is 2.49. The summed E-state index contributed by atoms with van der Waals surface area (Å²) in [6.07, 6.45) is 1.83. The number of nitrogens with one attached hydrogen (secondary N) is 2. The van der Waals surface area contributed by atoms with Gasteiger partial charge in [0.15, 0.2) is 0 Å². The lowest BCUT2D eigenvalue weighted by atomic mass is 9.95. The van der Waals surface area contributed by atoms with Gasteiger partial charge in [-0.3, -0.25) is 15.6 Å². The standard InChI is InChI=1S/C17H18N2O/c1-13-7-5-6-10-15(13)18-19-16(20)17(11-12-17)14-8-3-2-4-9-14/h2-10,18H,11-12H2,1H3,(H,19,20). The van der Waals surface area contributed by atoms with Gasteiger partial charge in [-0.15, -0.1) is 0 Å². The van der Waals surface area contributed by atoms with Gasteiger partial charge in [0.05, 0.1) is 11.1 Å². The molecule has 1 aliphatic rings. The second kappa shape index (κ2) is 5.00. The Morgan fingerprint density at radius 3 is 2.30 bits per heavy atom. The molecule has 0 atom stereocenters. The van der Waals surface area contributed by atoms with E-state index in [0.717, 1.165) is 29.7 Å². The molecule has 3 nitrogen and oxygen atoms in total.